The highest BCUT2D eigenvalue weighted by atomic mass is 79.9. The molecule has 4 nitrogen and oxygen atoms in total. The second-order valence-electron chi connectivity index (χ2n) is 4.17. The molecule has 1 atom stereocenters. The molecule has 0 spiro atoms. The standard InChI is InChI=1S/C14H14BrNO3/c15-9-4-7-12(11-5-2-1-3-6-11)16-10-8-13(17)19-14(16)18/h1-3,5-6,8,10,12H,4,7,9H2. The summed E-state index contributed by atoms with van der Waals surface area (Å²) in [6, 6.07) is 10.9. The van der Waals surface area contributed by atoms with Crippen molar-refractivity contribution in [2.24, 2.45) is 0 Å². The first-order valence-corrected chi connectivity index (χ1v) is 7.17. The van der Waals surface area contributed by atoms with Crippen molar-refractivity contribution in [2.75, 3.05) is 5.33 Å². The van der Waals surface area contributed by atoms with Crippen molar-refractivity contribution in [3.63, 3.8) is 0 Å². The Morgan fingerprint density at radius 3 is 2.53 bits per heavy atom. The van der Waals surface area contributed by atoms with E-state index in [1.54, 1.807) is 0 Å². The van der Waals surface area contributed by atoms with Gasteiger partial charge in [0, 0.05) is 17.6 Å². The zero-order valence-corrected chi connectivity index (χ0v) is 11.9. The Morgan fingerprint density at radius 1 is 1.16 bits per heavy atom. The van der Waals surface area contributed by atoms with E-state index in [1.165, 1.54) is 16.8 Å². The van der Waals surface area contributed by atoms with Gasteiger partial charge >= 0.3 is 11.4 Å². The summed E-state index contributed by atoms with van der Waals surface area (Å²) in [4.78, 5) is 22.8. The average molecular weight is 324 g/mol. The number of benzene rings is 1. The summed E-state index contributed by atoms with van der Waals surface area (Å²) in [6.45, 7) is 0. The minimum absolute atomic E-state index is 0.115. The summed E-state index contributed by atoms with van der Waals surface area (Å²) >= 11 is 3.39. The van der Waals surface area contributed by atoms with E-state index in [0.29, 0.717) is 0 Å². The molecule has 1 heterocycles. The van der Waals surface area contributed by atoms with Crippen LogP contribution < -0.4 is 11.4 Å². The Labute approximate surface area is 118 Å². The first kappa shape index (κ1) is 13.8. The SMILES string of the molecule is O=c1ccn(C(CCCBr)c2ccccc2)c(=O)o1. The van der Waals surface area contributed by atoms with Gasteiger partial charge in [-0.1, -0.05) is 46.3 Å². The Balaban J connectivity index is 2.43. The maximum absolute atomic E-state index is 11.8. The van der Waals surface area contributed by atoms with Crippen molar-refractivity contribution < 1.29 is 4.42 Å². The van der Waals surface area contributed by atoms with Gasteiger partial charge in [-0.05, 0) is 18.4 Å². The molecule has 0 radical (unpaired) electrons. The Hall–Kier alpha value is -1.62. The minimum Gasteiger partial charge on any atom is -0.373 e. The van der Waals surface area contributed by atoms with Crippen LogP contribution in [-0.4, -0.2) is 9.90 Å². The van der Waals surface area contributed by atoms with Crippen LogP contribution in [0.4, 0.5) is 0 Å². The molecule has 19 heavy (non-hydrogen) atoms. The lowest BCUT2D eigenvalue weighted by Gasteiger charge is -2.18. The average Bonchev–Trinajstić information content (AvgIpc) is 2.42. The maximum atomic E-state index is 11.8. The highest BCUT2D eigenvalue weighted by molar-refractivity contribution is 9.09. The van der Waals surface area contributed by atoms with Crippen LogP contribution in [0, 0.1) is 0 Å². The molecule has 0 aliphatic rings. The predicted molar refractivity (Wildman–Crippen MR) is 76.8 cm³/mol. The van der Waals surface area contributed by atoms with Gasteiger partial charge in [0.15, 0.2) is 0 Å². The molecule has 2 aromatic rings. The summed E-state index contributed by atoms with van der Waals surface area (Å²) in [6.07, 6.45) is 3.22. The number of hydrogen-bond acceptors (Lipinski definition) is 3. The predicted octanol–water partition coefficient (Wildman–Crippen LogP) is 2.57. The van der Waals surface area contributed by atoms with Crippen LogP contribution in [0.1, 0.15) is 24.4 Å². The number of hydrogen-bond donors (Lipinski definition) is 0. The van der Waals surface area contributed by atoms with E-state index in [1.807, 2.05) is 30.3 Å². The normalized spacial score (nSPS) is 12.3. The van der Waals surface area contributed by atoms with Crippen LogP contribution in [0.2, 0.25) is 0 Å². The molecule has 0 N–H and O–H groups in total. The zero-order chi connectivity index (χ0) is 13.7. The van der Waals surface area contributed by atoms with Gasteiger partial charge in [0.05, 0.1) is 6.04 Å². The van der Waals surface area contributed by atoms with Crippen LogP contribution in [-0.2, 0) is 0 Å². The van der Waals surface area contributed by atoms with E-state index in [0.717, 1.165) is 23.7 Å². The van der Waals surface area contributed by atoms with E-state index >= 15 is 0 Å². The Bertz CT molecular complexity index is 633. The molecule has 100 valence electrons. The molecule has 0 bridgehead atoms. The van der Waals surface area contributed by atoms with Gasteiger partial charge in [-0.25, -0.2) is 9.59 Å². The van der Waals surface area contributed by atoms with Crippen molar-refractivity contribution >= 4 is 15.9 Å². The monoisotopic (exact) mass is 323 g/mol. The molecule has 1 aromatic heterocycles. The van der Waals surface area contributed by atoms with Gasteiger partial charge in [-0.3, -0.25) is 4.57 Å². The summed E-state index contributed by atoms with van der Waals surface area (Å²) in [5, 5.41) is 0.863. The number of alkyl halides is 1. The molecule has 5 heteroatoms. The molecule has 0 aliphatic heterocycles. The van der Waals surface area contributed by atoms with Crippen LogP contribution in [0.25, 0.3) is 0 Å². The van der Waals surface area contributed by atoms with Gasteiger partial charge in [-0.2, -0.15) is 0 Å². The molecule has 0 amide bonds. The summed E-state index contributed by atoms with van der Waals surface area (Å²) in [5.41, 5.74) is 0.410. The smallest absolute Gasteiger partial charge is 0.373 e. The second-order valence-corrected chi connectivity index (χ2v) is 4.96. The fourth-order valence-corrected chi connectivity index (χ4v) is 2.34. The summed E-state index contributed by atoms with van der Waals surface area (Å²) in [7, 11) is 0. The molecule has 0 fully saturated rings. The van der Waals surface area contributed by atoms with Crippen LogP contribution >= 0.6 is 15.9 Å². The topological polar surface area (TPSA) is 52.2 Å². The van der Waals surface area contributed by atoms with Crippen LogP contribution in [0.5, 0.6) is 0 Å². The highest BCUT2D eigenvalue weighted by Gasteiger charge is 2.15. The van der Waals surface area contributed by atoms with E-state index in [4.69, 9.17) is 0 Å². The van der Waals surface area contributed by atoms with Gasteiger partial charge < -0.3 is 4.42 Å². The van der Waals surface area contributed by atoms with Crippen molar-refractivity contribution in [3.05, 3.63) is 69.1 Å². The molecule has 2 rings (SSSR count). The molecule has 0 saturated heterocycles. The van der Waals surface area contributed by atoms with Crippen LogP contribution in [0.15, 0.2) is 56.6 Å². The van der Waals surface area contributed by atoms with E-state index in [9.17, 15) is 9.59 Å². The van der Waals surface area contributed by atoms with Crippen molar-refractivity contribution in [1.82, 2.24) is 4.57 Å². The van der Waals surface area contributed by atoms with E-state index < -0.39 is 11.4 Å². The number of nitrogens with zero attached hydrogens (tertiary/aromatic N) is 1. The quantitative estimate of drug-likeness (QED) is 0.794. The van der Waals surface area contributed by atoms with Crippen molar-refractivity contribution in [2.45, 2.75) is 18.9 Å². The summed E-state index contributed by atoms with van der Waals surface area (Å²) < 4.78 is 6.10. The molecule has 1 unspecified atom stereocenters. The fraction of sp³-hybridized carbons (Fsp3) is 0.286. The molecule has 1 aromatic carbocycles. The zero-order valence-electron chi connectivity index (χ0n) is 10.3. The third-order valence-corrected chi connectivity index (χ3v) is 3.46. The van der Waals surface area contributed by atoms with Gasteiger partial charge in [0.1, 0.15) is 0 Å². The lowest BCUT2D eigenvalue weighted by molar-refractivity contribution is 0.373. The Kier molecular flexibility index (Phi) is 4.74. The third kappa shape index (κ3) is 3.44. The first-order valence-electron chi connectivity index (χ1n) is 6.05. The first-order chi connectivity index (χ1) is 9.22. The van der Waals surface area contributed by atoms with Gasteiger partial charge in [-0.15, -0.1) is 0 Å². The van der Waals surface area contributed by atoms with Crippen molar-refractivity contribution in [1.29, 1.82) is 0 Å². The molecular formula is C14H14BrNO3. The summed E-state index contributed by atoms with van der Waals surface area (Å²) in [5.74, 6) is -0.615. The minimum atomic E-state index is -0.617. The van der Waals surface area contributed by atoms with E-state index in [-0.39, 0.29) is 6.04 Å². The third-order valence-electron chi connectivity index (χ3n) is 2.90. The number of rotatable bonds is 5. The fourth-order valence-electron chi connectivity index (χ4n) is 2.02. The highest BCUT2D eigenvalue weighted by Crippen LogP contribution is 2.22. The van der Waals surface area contributed by atoms with Gasteiger partial charge in [0.25, 0.3) is 0 Å². The molecule has 0 aliphatic carbocycles. The molecular weight excluding hydrogens is 310 g/mol. The second kappa shape index (κ2) is 6.52. The lowest BCUT2D eigenvalue weighted by atomic mass is 10.0. The largest absolute Gasteiger partial charge is 0.422 e. The maximum Gasteiger partial charge on any atom is 0.422 e. The number of aromatic nitrogens is 1. The Morgan fingerprint density at radius 2 is 1.89 bits per heavy atom. The number of halogens is 1. The van der Waals surface area contributed by atoms with Crippen molar-refractivity contribution in [3.8, 4) is 0 Å². The van der Waals surface area contributed by atoms with E-state index in [2.05, 4.69) is 20.3 Å². The lowest BCUT2D eigenvalue weighted by Crippen LogP contribution is -2.27. The van der Waals surface area contributed by atoms with Gasteiger partial charge in [0.2, 0.25) is 0 Å². The molecule has 0 saturated carbocycles. The van der Waals surface area contributed by atoms with Crippen LogP contribution in [0.3, 0.4) is 0 Å².